The van der Waals surface area contributed by atoms with Gasteiger partial charge in [-0.3, -0.25) is 14.9 Å². The molecular weight excluding hydrogens is 320 g/mol. The lowest BCUT2D eigenvalue weighted by atomic mass is 10.1. The Bertz CT molecular complexity index is 788. The molecule has 118 valence electrons. The van der Waals surface area contributed by atoms with Crippen LogP contribution in [0.15, 0.2) is 47.6 Å². The number of nitrogens with zero attached hydrogens (tertiary/aromatic N) is 2. The number of nitrogens with two attached hydrogens (primary N) is 1. The van der Waals surface area contributed by atoms with Crippen LogP contribution in [0.1, 0.15) is 22.8 Å². The van der Waals surface area contributed by atoms with Gasteiger partial charge in [0.2, 0.25) is 0 Å². The number of anilines is 1. The minimum absolute atomic E-state index is 0.0393. The van der Waals surface area contributed by atoms with Crippen molar-refractivity contribution in [3.05, 3.63) is 68.7 Å². The number of amides is 1. The SMILES string of the molecule is C/C(=N\NC(=O)c1ccc(N)cc1)c1ccc(Cl)c([N+](=O)[O-])c1. The van der Waals surface area contributed by atoms with Crippen molar-refractivity contribution in [1.29, 1.82) is 0 Å². The first kappa shape index (κ1) is 16.4. The molecule has 0 atom stereocenters. The Morgan fingerprint density at radius 3 is 2.43 bits per heavy atom. The second kappa shape index (κ2) is 6.89. The van der Waals surface area contributed by atoms with Crippen LogP contribution in [-0.2, 0) is 0 Å². The van der Waals surface area contributed by atoms with E-state index in [4.69, 9.17) is 17.3 Å². The number of nitro groups is 1. The summed E-state index contributed by atoms with van der Waals surface area (Å²) in [5.74, 6) is -0.409. The maximum absolute atomic E-state index is 11.9. The highest BCUT2D eigenvalue weighted by molar-refractivity contribution is 6.32. The quantitative estimate of drug-likeness (QED) is 0.388. The highest BCUT2D eigenvalue weighted by Gasteiger charge is 2.14. The van der Waals surface area contributed by atoms with Crippen molar-refractivity contribution < 1.29 is 9.72 Å². The minimum atomic E-state index is -0.577. The van der Waals surface area contributed by atoms with Gasteiger partial charge in [0.05, 0.1) is 10.6 Å². The molecule has 0 unspecified atom stereocenters. The second-order valence-electron chi connectivity index (χ2n) is 4.68. The van der Waals surface area contributed by atoms with Crippen LogP contribution in [-0.4, -0.2) is 16.5 Å². The molecule has 0 aliphatic rings. The number of benzene rings is 2. The average Bonchev–Trinajstić information content (AvgIpc) is 2.53. The maximum Gasteiger partial charge on any atom is 0.288 e. The van der Waals surface area contributed by atoms with Crippen molar-refractivity contribution in [2.24, 2.45) is 5.10 Å². The smallest absolute Gasteiger partial charge is 0.288 e. The molecule has 0 aliphatic heterocycles. The van der Waals surface area contributed by atoms with Crippen LogP contribution < -0.4 is 11.2 Å². The van der Waals surface area contributed by atoms with Gasteiger partial charge in [-0.05, 0) is 37.3 Å². The third-order valence-electron chi connectivity index (χ3n) is 3.06. The Labute approximate surface area is 136 Å². The van der Waals surface area contributed by atoms with Crippen LogP contribution in [0.3, 0.4) is 0 Å². The van der Waals surface area contributed by atoms with E-state index in [0.717, 1.165) is 0 Å². The molecule has 2 aromatic carbocycles. The number of nitrogen functional groups attached to an aromatic ring is 1. The molecule has 0 heterocycles. The van der Waals surface area contributed by atoms with Crippen LogP contribution >= 0.6 is 11.6 Å². The van der Waals surface area contributed by atoms with E-state index in [0.29, 0.717) is 22.5 Å². The van der Waals surface area contributed by atoms with E-state index in [9.17, 15) is 14.9 Å². The van der Waals surface area contributed by atoms with Crippen LogP contribution in [0.2, 0.25) is 5.02 Å². The average molecular weight is 333 g/mol. The molecule has 2 rings (SSSR count). The maximum atomic E-state index is 11.9. The van der Waals surface area contributed by atoms with Crippen molar-refractivity contribution in [2.45, 2.75) is 6.92 Å². The molecule has 23 heavy (non-hydrogen) atoms. The molecule has 7 nitrogen and oxygen atoms in total. The Balaban J connectivity index is 2.16. The van der Waals surface area contributed by atoms with Gasteiger partial charge in [0.1, 0.15) is 5.02 Å². The van der Waals surface area contributed by atoms with E-state index in [2.05, 4.69) is 10.5 Å². The monoisotopic (exact) mass is 332 g/mol. The molecule has 0 saturated carbocycles. The molecule has 0 saturated heterocycles. The number of hydrogen-bond donors (Lipinski definition) is 2. The van der Waals surface area contributed by atoms with Gasteiger partial charge in [-0.15, -0.1) is 0 Å². The number of carbonyl (C=O) groups excluding carboxylic acids is 1. The highest BCUT2D eigenvalue weighted by atomic mass is 35.5. The summed E-state index contributed by atoms with van der Waals surface area (Å²) in [4.78, 5) is 22.2. The molecule has 2 aromatic rings. The number of carbonyl (C=O) groups is 1. The first-order valence-electron chi connectivity index (χ1n) is 6.53. The first-order valence-corrected chi connectivity index (χ1v) is 6.91. The molecule has 0 aromatic heterocycles. The van der Waals surface area contributed by atoms with Gasteiger partial charge in [0.15, 0.2) is 0 Å². The molecule has 0 bridgehead atoms. The second-order valence-corrected chi connectivity index (χ2v) is 5.09. The number of hydrazone groups is 1. The summed E-state index contributed by atoms with van der Waals surface area (Å²) in [6.45, 7) is 1.62. The van der Waals surface area contributed by atoms with E-state index < -0.39 is 10.8 Å². The fourth-order valence-electron chi connectivity index (χ4n) is 1.78. The Hall–Kier alpha value is -2.93. The Kier molecular flexibility index (Phi) is 4.92. The number of nitrogens with one attached hydrogen (secondary N) is 1. The van der Waals surface area contributed by atoms with Gasteiger partial charge in [-0.25, -0.2) is 5.43 Å². The van der Waals surface area contributed by atoms with Gasteiger partial charge in [0.25, 0.3) is 11.6 Å². The van der Waals surface area contributed by atoms with E-state index >= 15 is 0 Å². The Morgan fingerprint density at radius 1 is 1.22 bits per heavy atom. The largest absolute Gasteiger partial charge is 0.399 e. The lowest BCUT2D eigenvalue weighted by molar-refractivity contribution is -0.384. The summed E-state index contributed by atoms with van der Waals surface area (Å²) in [7, 11) is 0. The van der Waals surface area contributed by atoms with Crippen LogP contribution in [0.5, 0.6) is 0 Å². The third kappa shape index (κ3) is 4.04. The summed E-state index contributed by atoms with van der Waals surface area (Å²) in [5, 5.41) is 14.9. The van der Waals surface area contributed by atoms with Crippen LogP contribution in [0.4, 0.5) is 11.4 Å². The van der Waals surface area contributed by atoms with Crippen molar-refractivity contribution in [1.82, 2.24) is 5.43 Å². The van der Waals surface area contributed by atoms with Crippen LogP contribution in [0.25, 0.3) is 0 Å². The molecule has 1 amide bonds. The van der Waals surface area contributed by atoms with Gasteiger partial charge >= 0.3 is 0 Å². The molecule has 0 spiro atoms. The van der Waals surface area contributed by atoms with Gasteiger partial charge < -0.3 is 5.73 Å². The van der Waals surface area contributed by atoms with E-state index in [-0.39, 0.29) is 10.7 Å². The number of rotatable bonds is 4. The summed E-state index contributed by atoms with van der Waals surface area (Å²) in [6.07, 6.45) is 0. The molecular formula is C15H13ClN4O3. The van der Waals surface area contributed by atoms with E-state index in [1.165, 1.54) is 12.1 Å². The topological polar surface area (TPSA) is 111 Å². The molecule has 0 fully saturated rings. The van der Waals surface area contributed by atoms with Crippen LogP contribution in [0, 0.1) is 10.1 Å². The predicted octanol–water partition coefficient (Wildman–Crippen LogP) is 2.98. The predicted molar refractivity (Wildman–Crippen MR) is 88.6 cm³/mol. The molecule has 3 N–H and O–H groups in total. The number of halogens is 1. The summed E-state index contributed by atoms with van der Waals surface area (Å²) < 4.78 is 0. The zero-order valence-corrected chi connectivity index (χ0v) is 12.9. The number of nitro benzene ring substituents is 1. The highest BCUT2D eigenvalue weighted by Crippen LogP contribution is 2.25. The standard InChI is InChI=1S/C15H13ClN4O3/c1-9(11-4-7-13(16)14(8-11)20(22)23)18-19-15(21)10-2-5-12(17)6-3-10/h2-8H,17H2,1H3,(H,19,21)/b18-9+. The summed E-state index contributed by atoms with van der Waals surface area (Å²) in [5.41, 5.74) is 9.56. The van der Waals surface area contributed by atoms with E-state index in [1.807, 2.05) is 0 Å². The zero-order valence-electron chi connectivity index (χ0n) is 12.1. The van der Waals surface area contributed by atoms with Gasteiger partial charge in [-0.2, -0.15) is 5.10 Å². The third-order valence-corrected chi connectivity index (χ3v) is 3.38. The molecule has 0 aliphatic carbocycles. The lowest BCUT2D eigenvalue weighted by Gasteiger charge is -2.04. The molecule has 0 radical (unpaired) electrons. The zero-order chi connectivity index (χ0) is 17.0. The van der Waals surface area contributed by atoms with Crippen molar-refractivity contribution in [3.63, 3.8) is 0 Å². The van der Waals surface area contributed by atoms with Gasteiger partial charge in [0, 0.05) is 22.9 Å². The lowest BCUT2D eigenvalue weighted by Crippen LogP contribution is -2.19. The van der Waals surface area contributed by atoms with E-state index in [1.54, 1.807) is 37.3 Å². The minimum Gasteiger partial charge on any atom is -0.399 e. The molecule has 8 heteroatoms. The fraction of sp³-hybridized carbons (Fsp3) is 0.0667. The van der Waals surface area contributed by atoms with Crippen molar-refractivity contribution >= 4 is 34.6 Å². The summed E-state index contributed by atoms with van der Waals surface area (Å²) >= 11 is 5.75. The van der Waals surface area contributed by atoms with Gasteiger partial charge in [-0.1, -0.05) is 17.7 Å². The normalized spacial score (nSPS) is 11.1. The fourth-order valence-corrected chi connectivity index (χ4v) is 1.96. The summed E-state index contributed by atoms with van der Waals surface area (Å²) in [6, 6.07) is 10.7. The first-order chi connectivity index (χ1) is 10.9. The Morgan fingerprint density at radius 2 is 1.83 bits per heavy atom. The number of hydrogen-bond acceptors (Lipinski definition) is 5. The van der Waals surface area contributed by atoms with Crippen molar-refractivity contribution in [2.75, 3.05) is 5.73 Å². The van der Waals surface area contributed by atoms with Crippen molar-refractivity contribution in [3.8, 4) is 0 Å².